The SMILES string of the molecule is COc1ccc(C(=O)c2cc3ccc2C2CCC(O)(CN(CC4CCC5CC4C5(C)C)C(=O)Nc4ccccc4)C2(C)CCC=C(C)CCC(O)C3)cc1. The summed E-state index contributed by atoms with van der Waals surface area (Å²) in [5, 5.41) is 27.4. The average Bonchev–Trinajstić information content (AvgIpc) is 3.42. The topological polar surface area (TPSA) is 99.1 Å². The van der Waals surface area contributed by atoms with Gasteiger partial charge in [0.25, 0.3) is 0 Å². The van der Waals surface area contributed by atoms with E-state index in [0.717, 1.165) is 42.0 Å². The molecular weight excluding hydrogens is 673 g/mol. The molecule has 0 saturated heterocycles. The van der Waals surface area contributed by atoms with Crippen LogP contribution < -0.4 is 10.1 Å². The minimum absolute atomic E-state index is 0.0767. The fourth-order valence-electron chi connectivity index (χ4n) is 10.8. The number of urea groups is 1. The van der Waals surface area contributed by atoms with E-state index >= 15 is 0 Å². The highest BCUT2D eigenvalue weighted by molar-refractivity contribution is 6.10. The molecule has 0 heterocycles. The number of aliphatic hydroxyl groups excluding tert-OH is 1. The van der Waals surface area contributed by atoms with Crippen LogP contribution in [0.3, 0.4) is 0 Å². The van der Waals surface area contributed by atoms with Gasteiger partial charge in [-0.15, -0.1) is 0 Å². The lowest BCUT2D eigenvalue weighted by atomic mass is 9.45. The summed E-state index contributed by atoms with van der Waals surface area (Å²) in [5.41, 5.74) is 3.45. The van der Waals surface area contributed by atoms with E-state index in [9.17, 15) is 19.8 Å². The number of ether oxygens (including phenoxy) is 1. The highest BCUT2D eigenvalue weighted by Gasteiger charge is 2.59. The number of carbonyl (C=O) groups excluding carboxylic acids is 2. The Bertz CT molecular complexity index is 1850. The first-order valence-corrected chi connectivity index (χ1v) is 20.3. The summed E-state index contributed by atoms with van der Waals surface area (Å²) in [4.78, 5) is 30.8. The Balaban J connectivity index is 1.27. The third-order valence-electron chi connectivity index (χ3n) is 14.5. The standard InChI is InChI=1S/C47H60N2O5/c1-31-10-9-24-46(4)41(39-22-14-32(26-37(50)19-13-31)27-40(39)43(51)33-16-20-38(54-5)21-17-33)23-25-47(46,53)30-49(44(52)48-36-11-7-6-8-12-36)29-34-15-18-35-28-42(34)45(35,2)3/h6-8,10-12,14,16-17,20-22,27,34-35,37,41-42,50,53H,9,13,15,18-19,23-26,28-30H2,1-5H3,(H,48,52). The molecule has 2 amide bonds. The molecule has 288 valence electrons. The van der Waals surface area contributed by atoms with E-state index in [2.05, 4.69) is 51.2 Å². The van der Waals surface area contributed by atoms with Crippen molar-refractivity contribution in [1.29, 1.82) is 0 Å². The van der Waals surface area contributed by atoms with Crippen molar-refractivity contribution in [2.24, 2.45) is 28.6 Å². The molecule has 7 heteroatoms. The largest absolute Gasteiger partial charge is 0.497 e. The summed E-state index contributed by atoms with van der Waals surface area (Å²) in [6.07, 6.45) is 9.82. The predicted octanol–water partition coefficient (Wildman–Crippen LogP) is 9.57. The van der Waals surface area contributed by atoms with E-state index in [1.807, 2.05) is 65.6 Å². The number of anilines is 1. The van der Waals surface area contributed by atoms with Crippen LogP contribution in [-0.2, 0) is 6.42 Å². The van der Waals surface area contributed by atoms with Crippen LogP contribution in [0.2, 0.25) is 0 Å². The first-order valence-electron chi connectivity index (χ1n) is 20.3. The lowest BCUT2D eigenvalue weighted by molar-refractivity contribution is -0.117. The number of fused-ring (bicyclic) bond motifs is 10. The van der Waals surface area contributed by atoms with Gasteiger partial charge in [-0.3, -0.25) is 4.79 Å². The number of hydrogen-bond donors (Lipinski definition) is 3. The molecule has 6 aliphatic rings. The number of ketones is 1. The van der Waals surface area contributed by atoms with E-state index in [-0.39, 0.29) is 29.7 Å². The molecule has 0 spiro atoms. The summed E-state index contributed by atoms with van der Waals surface area (Å²) in [5.74, 6) is 2.18. The normalized spacial score (nSPS) is 30.3. The van der Waals surface area contributed by atoms with Crippen molar-refractivity contribution in [2.45, 2.75) is 110 Å². The molecule has 9 rings (SSSR count). The zero-order chi connectivity index (χ0) is 38.3. The number of amides is 2. The van der Waals surface area contributed by atoms with Gasteiger partial charge in [0.15, 0.2) is 5.78 Å². The molecule has 3 aromatic carbocycles. The fraction of sp³-hybridized carbons (Fsp3) is 0.532. The molecule has 4 fully saturated rings. The summed E-state index contributed by atoms with van der Waals surface area (Å²) in [7, 11) is 1.61. The number of carbonyl (C=O) groups is 2. The van der Waals surface area contributed by atoms with Gasteiger partial charge in [-0.2, -0.15) is 0 Å². The molecule has 0 aliphatic heterocycles. The molecule has 0 radical (unpaired) electrons. The van der Waals surface area contributed by atoms with E-state index in [1.54, 1.807) is 7.11 Å². The van der Waals surface area contributed by atoms with Crippen LogP contribution in [0, 0.1) is 28.6 Å². The number of nitrogens with zero attached hydrogens (tertiary/aromatic N) is 1. The molecule has 3 aromatic rings. The number of aliphatic hydroxyl groups is 2. The zero-order valence-corrected chi connectivity index (χ0v) is 32.9. The second-order valence-electron chi connectivity index (χ2n) is 17.9. The molecule has 6 aliphatic carbocycles. The van der Waals surface area contributed by atoms with Crippen molar-refractivity contribution >= 4 is 17.5 Å². The van der Waals surface area contributed by atoms with Gasteiger partial charge >= 0.3 is 6.03 Å². The Labute approximate surface area is 322 Å². The Morgan fingerprint density at radius 3 is 2.41 bits per heavy atom. The Morgan fingerprint density at radius 2 is 1.70 bits per heavy atom. The van der Waals surface area contributed by atoms with E-state index in [4.69, 9.17) is 4.74 Å². The smallest absolute Gasteiger partial charge is 0.321 e. The van der Waals surface area contributed by atoms with Crippen LogP contribution in [0.5, 0.6) is 5.75 Å². The molecule has 7 nitrogen and oxygen atoms in total. The molecule has 0 aromatic heterocycles. The summed E-state index contributed by atoms with van der Waals surface area (Å²) < 4.78 is 5.38. The number of rotatable bonds is 8. The van der Waals surface area contributed by atoms with Crippen molar-refractivity contribution in [2.75, 3.05) is 25.5 Å². The maximum absolute atomic E-state index is 14.5. The Morgan fingerprint density at radius 1 is 0.944 bits per heavy atom. The van der Waals surface area contributed by atoms with Gasteiger partial charge in [0, 0.05) is 28.8 Å². The molecule has 54 heavy (non-hydrogen) atoms. The second kappa shape index (κ2) is 15.3. The summed E-state index contributed by atoms with van der Waals surface area (Å²) in [6.45, 7) is 9.95. The third kappa shape index (κ3) is 7.38. The summed E-state index contributed by atoms with van der Waals surface area (Å²) in [6, 6.07) is 22.8. The number of methoxy groups -OCH3 is 1. The average molecular weight is 733 g/mol. The van der Waals surface area contributed by atoms with Crippen molar-refractivity contribution < 1.29 is 24.5 Å². The van der Waals surface area contributed by atoms with Crippen molar-refractivity contribution in [3.63, 3.8) is 0 Å². The fourth-order valence-corrected chi connectivity index (χ4v) is 10.8. The molecule has 7 atom stereocenters. The van der Waals surface area contributed by atoms with Crippen LogP contribution in [0.4, 0.5) is 10.5 Å². The lowest BCUT2D eigenvalue weighted by Crippen LogP contribution is -2.58. The van der Waals surface area contributed by atoms with Crippen molar-refractivity contribution in [3.05, 3.63) is 107 Å². The van der Waals surface area contributed by atoms with Crippen LogP contribution in [0.25, 0.3) is 0 Å². The molecular formula is C47H60N2O5. The molecule has 7 unspecified atom stereocenters. The van der Waals surface area contributed by atoms with Crippen molar-refractivity contribution in [1.82, 2.24) is 4.90 Å². The third-order valence-corrected chi connectivity index (χ3v) is 14.5. The molecule has 4 saturated carbocycles. The molecule has 3 N–H and O–H groups in total. The van der Waals surface area contributed by atoms with E-state index in [0.29, 0.717) is 67.4 Å². The van der Waals surface area contributed by atoms with E-state index < -0.39 is 17.1 Å². The second-order valence-corrected chi connectivity index (χ2v) is 17.9. The minimum Gasteiger partial charge on any atom is -0.497 e. The Hall–Kier alpha value is -3.94. The summed E-state index contributed by atoms with van der Waals surface area (Å²) >= 11 is 0. The predicted molar refractivity (Wildman–Crippen MR) is 215 cm³/mol. The highest BCUT2D eigenvalue weighted by atomic mass is 16.5. The van der Waals surface area contributed by atoms with Gasteiger partial charge in [-0.25, -0.2) is 4.79 Å². The van der Waals surface area contributed by atoms with Gasteiger partial charge in [-0.1, -0.05) is 62.8 Å². The number of benzene rings is 3. The lowest BCUT2D eigenvalue weighted by Gasteiger charge is -2.60. The first-order chi connectivity index (χ1) is 25.8. The van der Waals surface area contributed by atoms with Crippen LogP contribution in [0.1, 0.15) is 118 Å². The van der Waals surface area contributed by atoms with Crippen LogP contribution >= 0.6 is 0 Å². The first kappa shape index (κ1) is 38.3. The van der Waals surface area contributed by atoms with Gasteiger partial charge in [0.1, 0.15) is 5.75 Å². The molecule has 4 bridgehead atoms. The monoisotopic (exact) mass is 732 g/mol. The van der Waals surface area contributed by atoms with Gasteiger partial charge in [-0.05, 0) is 154 Å². The Kier molecular flexibility index (Phi) is 10.9. The highest BCUT2D eigenvalue weighted by Crippen LogP contribution is 2.62. The number of nitrogens with one attached hydrogen (secondary N) is 1. The minimum atomic E-state index is -1.20. The maximum atomic E-state index is 14.5. The number of para-hydroxylation sites is 1. The quantitative estimate of drug-likeness (QED) is 0.158. The maximum Gasteiger partial charge on any atom is 0.321 e. The van der Waals surface area contributed by atoms with Crippen LogP contribution in [-0.4, -0.2) is 58.8 Å². The zero-order valence-electron chi connectivity index (χ0n) is 32.9. The van der Waals surface area contributed by atoms with Gasteiger partial charge in [0.2, 0.25) is 0 Å². The van der Waals surface area contributed by atoms with Gasteiger partial charge < -0.3 is 25.2 Å². The van der Waals surface area contributed by atoms with E-state index in [1.165, 1.54) is 18.4 Å². The van der Waals surface area contributed by atoms with Crippen LogP contribution in [0.15, 0.2) is 84.4 Å². The van der Waals surface area contributed by atoms with Crippen molar-refractivity contribution in [3.8, 4) is 5.75 Å². The number of allylic oxidation sites excluding steroid dienone is 2. The van der Waals surface area contributed by atoms with Gasteiger partial charge in [0.05, 0.1) is 25.4 Å². The number of hydrogen-bond acceptors (Lipinski definition) is 5.